The Labute approximate surface area is 106 Å². The van der Waals surface area contributed by atoms with Gasteiger partial charge in [0.1, 0.15) is 10.3 Å². The van der Waals surface area contributed by atoms with Gasteiger partial charge in [-0.25, -0.2) is 4.98 Å². The lowest BCUT2D eigenvalue weighted by Crippen LogP contribution is -2.11. The summed E-state index contributed by atoms with van der Waals surface area (Å²) in [7, 11) is 0. The van der Waals surface area contributed by atoms with Gasteiger partial charge < -0.3 is 5.73 Å². The Kier molecular flexibility index (Phi) is 6.22. The topological polar surface area (TPSA) is 38.9 Å². The Morgan fingerprint density at radius 3 is 2.60 bits per heavy atom. The van der Waals surface area contributed by atoms with Crippen LogP contribution in [0.15, 0.2) is 24.3 Å². The number of hydrogen-bond donors (Lipinski definition) is 1. The van der Waals surface area contributed by atoms with E-state index in [1.54, 1.807) is 12.1 Å². The van der Waals surface area contributed by atoms with Crippen molar-refractivity contribution in [3.05, 3.63) is 40.2 Å². The van der Waals surface area contributed by atoms with Crippen molar-refractivity contribution in [3.8, 4) is 0 Å². The first-order valence-corrected chi connectivity index (χ1v) is 4.98. The van der Waals surface area contributed by atoms with Crippen molar-refractivity contribution in [2.45, 2.75) is 19.4 Å². The molecule has 0 amide bonds. The minimum Gasteiger partial charge on any atom is -0.324 e. The van der Waals surface area contributed by atoms with Crippen molar-refractivity contribution < 1.29 is 0 Å². The van der Waals surface area contributed by atoms with Gasteiger partial charge in [0, 0.05) is 11.6 Å². The fraction of sp³-hybridized carbons (Fsp3) is 0.300. The predicted molar refractivity (Wildman–Crippen MR) is 67.9 cm³/mol. The molecule has 1 aromatic rings. The van der Waals surface area contributed by atoms with E-state index in [-0.39, 0.29) is 18.4 Å². The molecule has 0 unspecified atom stereocenters. The molecule has 0 radical (unpaired) electrons. The van der Waals surface area contributed by atoms with Crippen LogP contribution in [-0.4, -0.2) is 4.98 Å². The molecule has 0 aliphatic heterocycles. The minimum absolute atomic E-state index is 0. The quantitative estimate of drug-likeness (QED) is 0.669. The van der Waals surface area contributed by atoms with Gasteiger partial charge in [-0.05, 0) is 19.4 Å². The number of halogens is 3. The normalized spacial score (nSPS) is 11.7. The van der Waals surface area contributed by atoms with Crippen molar-refractivity contribution in [1.29, 1.82) is 0 Å². The summed E-state index contributed by atoms with van der Waals surface area (Å²) in [5.74, 6) is 0. The molecule has 0 saturated heterocycles. The summed E-state index contributed by atoms with van der Waals surface area (Å²) in [6.45, 7) is 5.73. The molecule has 0 aliphatic carbocycles. The van der Waals surface area contributed by atoms with Crippen LogP contribution in [0.1, 0.15) is 24.9 Å². The largest absolute Gasteiger partial charge is 0.324 e. The Balaban J connectivity index is 0.00000196. The smallest absolute Gasteiger partial charge is 0.135 e. The lowest BCUT2D eigenvalue weighted by molar-refractivity contribution is 0.714. The van der Waals surface area contributed by atoms with Gasteiger partial charge in [-0.3, -0.25) is 0 Å². The molecule has 2 nitrogen and oxygen atoms in total. The standard InChI is InChI=1S/C10H12Cl2N2.ClH/c1-6(2)5-8(13)7-3-4-9(11)14-10(7)12;/h3-4,8H,1,5,13H2,2H3;1H/t8-;/m1./s1. The third-order valence-electron chi connectivity index (χ3n) is 1.81. The van der Waals surface area contributed by atoms with E-state index < -0.39 is 0 Å². The molecule has 1 atom stereocenters. The molecule has 15 heavy (non-hydrogen) atoms. The Bertz CT molecular complexity index is 353. The molecule has 0 aromatic carbocycles. The van der Waals surface area contributed by atoms with Crippen molar-refractivity contribution in [3.63, 3.8) is 0 Å². The second-order valence-electron chi connectivity index (χ2n) is 3.28. The zero-order valence-corrected chi connectivity index (χ0v) is 10.7. The molecule has 2 N–H and O–H groups in total. The molecule has 84 valence electrons. The molecule has 0 bridgehead atoms. The molecule has 0 fully saturated rings. The summed E-state index contributed by atoms with van der Waals surface area (Å²) < 4.78 is 0. The van der Waals surface area contributed by atoms with Gasteiger partial charge in [0.25, 0.3) is 0 Å². The number of nitrogens with zero attached hydrogens (tertiary/aromatic N) is 1. The highest BCUT2D eigenvalue weighted by Gasteiger charge is 2.11. The third-order valence-corrected chi connectivity index (χ3v) is 2.32. The summed E-state index contributed by atoms with van der Waals surface area (Å²) in [4.78, 5) is 3.92. The van der Waals surface area contributed by atoms with Gasteiger partial charge in [0.2, 0.25) is 0 Å². The monoisotopic (exact) mass is 266 g/mol. The van der Waals surface area contributed by atoms with E-state index >= 15 is 0 Å². The number of pyridine rings is 1. The fourth-order valence-electron chi connectivity index (χ4n) is 1.18. The van der Waals surface area contributed by atoms with E-state index in [1.807, 2.05) is 6.92 Å². The molecule has 0 aliphatic rings. The predicted octanol–water partition coefficient (Wildman–Crippen LogP) is 3.78. The van der Waals surface area contributed by atoms with E-state index in [9.17, 15) is 0 Å². The Hall–Kier alpha value is -0.280. The van der Waals surface area contributed by atoms with Crippen molar-refractivity contribution in [1.82, 2.24) is 4.98 Å². The van der Waals surface area contributed by atoms with Gasteiger partial charge in [-0.2, -0.15) is 0 Å². The molecule has 1 rings (SSSR count). The number of nitrogens with two attached hydrogens (primary N) is 1. The first-order chi connectivity index (χ1) is 6.50. The average molecular weight is 268 g/mol. The van der Waals surface area contributed by atoms with Crippen LogP contribution < -0.4 is 5.73 Å². The van der Waals surface area contributed by atoms with Gasteiger partial charge in [-0.15, -0.1) is 19.0 Å². The Morgan fingerprint density at radius 2 is 2.13 bits per heavy atom. The SMILES string of the molecule is C=C(C)C[C@@H](N)c1ccc(Cl)nc1Cl.Cl. The summed E-state index contributed by atoms with van der Waals surface area (Å²) in [6.07, 6.45) is 0.697. The summed E-state index contributed by atoms with van der Waals surface area (Å²) in [5.41, 5.74) is 7.74. The van der Waals surface area contributed by atoms with Crippen LogP contribution in [0.4, 0.5) is 0 Å². The highest BCUT2D eigenvalue weighted by molar-refractivity contribution is 6.32. The van der Waals surface area contributed by atoms with Crippen LogP contribution in [0.25, 0.3) is 0 Å². The first kappa shape index (κ1) is 14.7. The van der Waals surface area contributed by atoms with Crippen LogP contribution in [0.5, 0.6) is 0 Å². The number of aromatic nitrogens is 1. The number of hydrogen-bond acceptors (Lipinski definition) is 2. The summed E-state index contributed by atoms with van der Waals surface area (Å²) in [6, 6.07) is 3.32. The van der Waals surface area contributed by atoms with Crippen molar-refractivity contribution in [2.75, 3.05) is 0 Å². The first-order valence-electron chi connectivity index (χ1n) is 4.22. The molecular formula is C10H13Cl3N2. The lowest BCUT2D eigenvalue weighted by Gasteiger charge is -2.12. The van der Waals surface area contributed by atoms with Crippen LogP contribution in [0, 0.1) is 0 Å². The molecule has 1 aromatic heterocycles. The zero-order chi connectivity index (χ0) is 10.7. The highest BCUT2D eigenvalue weighted by atomic mass is 35.5. The number of rotatable bonds is 3. The third kappa shape index (κ3) is 4.39. The molecule has 0 spiro atoms. The molecule has 5 heteroatoms. The maximum absolute atomic E-state index is 5.92. The van der Waals surface area contributed by atoms with Crippen LogP contribution in [0.2, 0.25) is 10.3 Å². The van der Waals surface area contributed by atoms with Crippen LogP contribution in [-0.2, 0) is 0 Å². The minimum atomic E-state index is -0.162. The molecular weight excluding hydrogens is 254 g/mol. The second-order valence-corrected chi connectivity index (χ2v) is 4.03. The highest BCUT2D eigenvalue weighted by Crippen LogP contribution is 2.25. The molecule has 1 heterocycles. The summed E-state index contributed by atoms with van der Waals surface area (Å²) >= 11 is 11.6. The maximum Gasteiger partial charge on any atom is 0.135 e. The lowest BCUT2D eigenvalue weighted by atomic mass is 10.0. The second kappa shape index (κ2) is 6.33. The van der Waals surface area contributed by atoms with Crippen LogP contribution >= 0.6 is 35.6 Å². The van der Waals surface area contributed by atoms with E-state index in [4.69, 9.17) is 28.9 Å². The van der Waals surface area contributed by atoms with Crippen molar-refractivity contribution in [2.24, 2.45) is 5.73 Å². The zero-order valence-electron chi connectivity index (χ0n) is 8.34. The van der Waals surface area contributed by atoms with E-state index in [0.717, 1.165) is 11.1 Å². The van der Waals surface area contributed by atoms with Crippen molar-refractivity contribution >= 4 is 35.6 Å². The van der Waals surface area contributed by atoms with Gasteiger partial charge in [-0.1, -0.05) is 34.8 Å². The average Bonchev–Trinajstić information content (AvgIpc) is 2.01. The van der Waals surface area contributed by atoms with Gasteiger partial charge in [0.05, 0.1) is 0 Å². The maximum atomic E-state index is 5.92. The van der Waals surface area contributed by atoms with E-state index in [2.05, 4.69) is 11.6 Å². The van der Waals surface area contributed by atoms with E-state index in [0.29, 0.717) is 16.7 Å². The van der Waals surface area contributed by atoms with Crippen LogP contribution in [0.3, 0.4) is 0 Å². The van der Waals surface area contributed by atoms with Gasteiger partial charge in [0.15, 0.2) is 0 Å². The van der Waals surface area contributed by atoms with Gasteiger partial charge >= 0.3 is 0 Å². The fourth-order valence-corrected chi connectivity index (χ4v) is 1.67. The van der Waals surface area contributed by atoms with E-state index in [1.165, 1.54) is 0 Å². The Morgan fingerprint density at radius 1 is 1.53 bits per heavy atom. The molecule has 0 saturated carbocycles. The summed E-state index contributed by atoms with van der Waals surface area (Å²) in [5, 5.41) is 0.743.